The number of amidine groups is 1. The minimum atomic E-state index is -0.438. The van der Waals surface area contributed by atoms with Gasteiger partial charge in [-0.25, -0.2) is 24.9 Å². The van der Waals surface area contributed by atoms with Crippen LogP contribution in [0, 0.1) is 11.8 Å². The summed E-state index contributed by atoms with van der Waals surface area (Å²) in [4.78, 5) is 57.4. The van der Waals surface area contributed by atoms with Crippen molar-refractivity contribution in [1.82, 2.24) is 29.7 Å². The topological polar surface area (TPSA) is 192 Å². The highest BCUT2D eigenvalue weighted by Crippen LogP contribution is 2.31. The van der Waals surface area contributed by atoms with Gasteiger partial charge in [0.25, 0.3) is 0 Å². The van der Waals surface area contributed by atoms with Gasteiger partial charge in [0.15, 0.2) is 16.8 Å². The molecular weight excluding hydrogens is 637 g/mol. The second kappa shape index (κ2) is 17.1. The molecule has 0 aliphatic carbocycles. The van der Waals surface area contributed by atoms with Crippen molar-refractivity contribution in [3.63, 3.8) is 0 Å². The molecule has 5 rings (SSSR count). The van der Waals surface area contributed by atoms with Gasteiger partial charge in [-0.3, -0.25) is 14.4 Å². The van der Waals surface area contributed by atoms with Crippen LogP contribution in [0.25, 0.3) is 0 Å². The van der Waals surface area contributed by atoms with Crippen LogP contribution in [-0.2, 0) is 25.5 Å². The van der Waals surface area contributed by atoms with Gasteiger partial charge < -0.3 is 30.7 Å². The lowest BCUT2D eigenvalue weighted by Gasteiger charge is -2.32. The third-order valence-electron chi connectivity index (χ3n) is 7.15. The highest BCUT2D eigenvalue weighted by molar-refractivity contribution is 6.62. The Balaban J connectivity index is 0.000000198. The summed E-state index contributed by atoms with van der Waals surface area (Å²) in [6, 6.07) is 0. The van der Waals surface area contributed by atoms with E-state index in [0.29, 0.717) is 56.5 Å². The number of amides is 1. The first-order chi connectivity index (χ1) is 21.0. The average Bonchev–Trinajstić information content (AvgIpc) is 3.47. The SMILES string of the molecule is CCOC(=O)C1CCN(C(=O)Cl)CC1.CCOC(=O)C1CCN(C2=Nc3ncnc(Cl)c3C2)CC1.Nc1ncnc(Cl)c1N. The van der Waals surface area contributed by atoms with Crippen LogP contribution in [0.15, 0.2) is 17.6 Å². The van der Waals surface area contributed by atoms with Crippen LogP contribution in [0.3, 0.4) is 0 Å². The van der Waals surface area contributed by atoms with E-state index in [-0.39, 0.29) is 40.4 Å². The number of hydrogen-bond acceptors (Lipinski definition) is 13. The minimum Gasteiger partial charge on any atom is -0.466 e. The fourth-order valence-corrected chi connectivity index (χ4v) is 5.21. The van der Waals surface area contributed by atoms with Crippen LogP contribution in [-0.4, -0.2) is 92.3 Å². The molecule has 240 valence electrons. The summed E-state index contributed by atoms with van der Waals surface area (Å²) in [5.41, 5.74) is 11.7. The summed E-state index contributed by atoms with van der Waals surface area (Å²) < 4.78 is 9.99. The number of esters is 2. The number of halogens is 3. The number of carbonyl (C=O) groups excluding carboxylic acids is 3. The molecule has 0 aromatic carbocycles. The maximum atomic E-state index is 11.7. The number of likely N-dealkylation sites (tertiary alicyclic amines) is 2. The van der Waals surface area contributed by atoms with Gasteiger partial charge in [-0.05, 0) is 51.1 Å². The smallest absolute Gasteiger partial charge is 0.316 e. The van der Waals surface area contributed by atoms with Crippen LogP contribution in [0.4, 0.5) is 22.1 Å². The Morgan fingerprint density at radius 3 is 1.84 bits per heavy atom. The number of aliphatic imine (C=N–C) groups is 1. The number of ether oxygens (including phenoxy) is 2. The Morgan fingerprint density at radius 2 is 1.36 bits per heavy atom. The van der Waals surface area contributed by atoms with Gasteiger partial charge in [0.05, 0.1) is 25.0 Å². The number of nitrogens with zero attached hydrogens (tertiary/aromatic N) is 7. The van der Waals surface area contributed by atoms with Crippen LogP contribution >= 0.6 is 34.8 Å². The summed E-state index contributed by atoms with van der Waals surface area (Å²) in [6.45, 7) is 7.18. The van der Waals surface area contributed by atoms with Gasteiger partial charge >= 0.3 is 17.3 Å². The minimum absolute atomic E-state index is 0.00829. The Hall–Kier alpha value is -3.49. The predicted molar refractivity (Wildman–Crippen MR) is 167 cm³/mol. The number of carbonyl (C=O) groups is 3. The van der Waals surface area contributed by atoms with E-state index < -0.39 is 5.37 Å². The lowest BCUT2D eigenvalue weighted by Crippen LogP contribution is -2.40. The molecule has 2 saturated heterocycles. The molecule has 2 aromatic rings. The van der Waals surface area contributed by atoms with Crippen molar-refractivity contribution < 1.29 is 23.9 Å². The molecule has 4 N–H and O–H groups in total. The van der Waals surface area contributed by atoms with E-state index in [1.165, 1.54) is 17.6 Å². The van der Waals surface area contributed by atoms with E-state index in [1.54, 1.807) is 6.92 Å². The second-order valence-corrected chi connectivity index (χ2v) is 11.0. The fraction of sp³-hybridized carbons (Fsp3) is 0.556. The molecule has 0 unspecified atom stereocenters. The number of piperidine rings is 2. The van der Waals surface area contributed by atoms with E-state index in [0.717, 1.165) is 37.3 Å². The molecule has 0 atom stereocenters. The third kappa shape index (κ3) is 9.76. The van der Waals surface area contributed by atoms with E-state index >= 15 is 0 Å². The number of nitrogens with two attached hydrogens (primary N) is 2. The summed E-state index contributed by atoms with van der Waals surface area (Å²) in [7, 11) is 0. The van der Waals surface area contributed by atoms with E-state index in [1.807, 2.05) is 6.92 Å². The van der Waals surface area contributed by atoms with Crippen LogP contribution in [0.1, 0.15) is 45.1 Å². The molecule has 3 aliphatic heterocycles. The highest BCUT2D eigenvalue weighted by Gasteiger charge is 2.30. The van der Waals surface area contributed by atoms with Crippen molar-refractivity contribution in [2.24, 2.45) is 16.8 Å². The first-order valence-electron chi connectivity index (χ1n) is 14.2. The molecule has 0 bridgehead atoms. The van der Waals surface area contributed by atoms with Crippen LogP contribution in [0.2, 0.25) is 10.3 Å². The number of fused-ring (bicyclic) bond motifs is 1. The Labute approximate surface area is 270 Å². The maximum absolute atomic E-state index is 11.7. The summed E-state index contributed by atoms with van der Waals surface area (Å²) in [6.07, 6.45) is 6.25. The third-order valence-corrected chi connectivity index (χ3v) is 8.02. The summed E-state index contributed by atoms with van der Waals surface area (Å²) in [5.74, 6) is 1.55. The average molecular weight is 673 g/mol. The van der Waals surface area contributed by atoms with Crippen molar-refractivity contribution in [1.29, 1.82) is 0 Å². The lowest BCUT2D eigenvalue weighted by molar-refractivity contribution is -0.150. The molecule has 0 spiro atoms. The first kappa shape index (κ1) is 35.0. The molecular formula is C27H36Cl3N9O5. The van der Waals surface area contributed by atoms with Crippen molar-refractivity contribution in [2.75, 3.05) is 50.9 Å². The number of hydrogen-bond donors (Lipinski definition) is 2. The van der Waals surface area contributed by atoms with Crippen LogP contribution < -0.4 is 11.5 Å². The van der Waals surface area contributed by atoms with Gasteiger partial charge in [0.1, 0.15) is 29.3 Å². The number of rotatable bonds is 4. The molecule has 0 radical (unpaired) electrons. The van der Waals surface area contributed by atoms with Gasteiger partial charge in [0, 0.05) is 38.2 Å². The summed E-state index contributed by atoms with van der Waals surface area (Å²) >= 11 is 16.8. The normalized spacial score (nSPS) is 16.4. The molecule has 2 aromatic heterocycles. The Bertz CT molecular complexity index is 1310. The van der Waals surface area contributed by atoms with E-state index in [2.05, 4.69) is 29.8 Å². The Morgan fingerprint density at radius 1 is 0.841 bits per heavy atom. The molecule has 1 amide bonds. The maximum Gasteiger partial charge on any atom is 0.316 e. The van der Waals surface area contributed by atoms with Crippen LogP contribution in [0.5, 0.6) is 0 Å². The number of anilines is 2. The first-order valence-corrected chi connectivity index (χ1v) is 15.3. The summed E-state index contributed by atoms with van der Waals surface area (Å²) in [5, 5.41) is 0.231. The molecule has 3 aliphatic rings. The monoisotopic (exact) mass is 671 g/mol. The highest BCUT2D eigenvalue weighted by atomic mass is 35.5. The van der Waals surface area contributed by atoms with Gasteiger partial charge in [0.2, 0.25) is 0 Å². The zero-order chi connectivity index (χ0) is 32.2. The second-order valence-electron chi connectivity index (χ2n) is 9.91. The molecule has 5 heterocycles. The lowest BCUT2D eigenvalue weighted by atomic mass is 9.96. The number of aromatic nitrogens is 4. The van der Waals surface area contributed by atoms with Gasteiger partial charge in [-0.2, -0.15) is 0 Å². The standard InChI is InChI=1S/C14H17ClN4O2.C9H14ClNO3.C4H5ClN4/c1-2-21-14(20)9-3-5-19(6-4-9)11-7-10-12(15)16-8-17-13(10)18-11;1-2-14-8(12)7-3-5-11(6-4-7)9(10)13;5-3-2(6)4(7)9-1-8-3/h8-9H,2-7H2,1H3;7H,2-6H2,1H3;1H,6H2,(H2,7,8,9). The van der Waals surface area contributed by atoms with Gasteiger partial charge in [-0.1, -0.05) is 23.2 Å². The quantitative estimate of drug-likeness (QED) is 0.206. The molecule has 17 heteroatoms. The van der Waals surface area contributed by atoms with Crippen molar-refractivity contribution in [3.8, 4) is 0 Å². The predicted octanol–water partition coefficient (Wildman–Crippen LogP) is 3.91. The van der Waals surface area contributed by atoms with Crippen molar-refractivity contribution in [2.45, 2.75) is 46.0 Å². The Kier molecular flexibility index (Phi) is 13.6. The fourth-order valence-electron chi connectivity index (χ4n) is 4.70. The molecule has 2 fully saturated rings. The largest absolute Gasteiger partial charge is 0.466 e. The molecule has 44 heavy (non-hydrogen) atoms. The van der Waals surface area contributed by atoms with Crippen molar-refractivity contribution in [3.05, 3.63) is 28.5 Å². The molecule has 14 nitrogen and oxygen atoms in total. The number of nitrogen functional groups attached to an aromatic ring is 2. The molecule has 0 saturated carbocycles. The van der Waals surface area contributed by atoms with Gasteiger partial charge in [-0.15, -0.1) is 0 Å². The van der Waals surface area contributed by atoms with E-state index in [9.17, 15) is 14.4 Å². The zero-order valence-electron chi connectivity index (χ0n) is 24.5. The zero-order valence-corrected chi connectivity index (χ0v) is 26.8. The van der Waals surface area contributed by atoms with E-state index in [4.69, 9.17) is 55.7 Å². The van der Waals surface area contributed by atoms with Crippen molar-refractivity contribution >= 4 is 75.3 Å².